The van der Waals surface area contributed by atoms with E-state index >= 15 is 0 Å². The molecule has 0 aromatic heterocycles. The Hall–Kier alpha value is -1.16. The number of allylic oxidation sites excluding steroid dienone is 1. The molecule has 136 valence electrons. The van der Waals surface area contributed by atoms with Crippen LogP contribution in [0, 0.1) is 5.92 Å². The summed E-state index contributed by atoms with van der Waals surface area (Å²) in [4.78, 5) is 1.47. The van der Waals surface area contributed by atoms with Crippen LogP contribution in [0.5, 0.6) is 0 Å². The van der Waals surface area contributed by atoms with Gasteiger partial charge in [0.2, 0.25) is 0 Å². The van der Waals surface area contributed by atoms with Crippen LogP contribution < -0.4 is 5.73 Å². The van der Waals surface area contributed by atoms with Crippen LogP contribution in [0.1, 0.15) is 42.7 Å². The molecule has 1 aliphatic carbocycles. The molecule has 0 spiro atoms. The summed E-state index contributed by atoms with van der Waals surface area (Å²) in [7, 11) is 0. The Morgan fingerprint density at radius 2 is 1.73 bits per heavy atom. The first-order chi connectivity index (χ1) is 12.8. The molecule has 0 unspecified atom stereocenters. The molecule has 2 aromatic carbocycles. The molecule has 26 heavy (non-hydrogen) atoms. The quantitative estimate of drug-likeness (QED) is 0.748. The second-order valence-corrected chi connectivity index (χ2v) is 10.4. The van der Waals surface area contributed by atoms with Gasteiger partial charge >= 0.3 is 0 Å². The molecular formula is C23H28NS2+. The molecule has 1 saturated carbocycles. The second kappa shape index (κ2) is 8.24. The monoisotopic (exact) mass is 382 g/mol. The van der Waals surface area contributed by atoms with Crippen molar-refractivity contribution in [3.05, 3.63) is 77.9 Å². The minimum Gasteiger partial charge on any atom is -0.357 e. The van der Waals surface area contributed by atoms with Gasteiger partial charge in [0, 0.05) is 16.6 Å². The Balaban J connectivity index is 1.79. The highest BCUT2D eigenvalue weighted by atomic mass is 32.2. The van der Waals surface area contributed by atoms with Crippen LogP contribution in [0.25, 0.3) is 4.91 Å². The number of hydrogen-bond donors (Lipinski definition) is 1. The molecule has 2 aliphatic rings. The first kappa shape index (κ1) is 18.2. The third kappa shape index (κ3) is 3.62. The van der Waals surface area contributed by atoms with E-state index in [-0.39, 0.29) is 0 Å². The predicted octanol–water partition coefficient (Wildman–Crippen LogP) is 5.42. The minimum atomic E-state index is 0.302. The predicted molar refractivity (Wildman–Crippen MR) is 116 cm³/mol. The van der Waals surface area contributed by atoms with Gasteiger partial charge in [-0.2, -0.15) is 0 Å². The van der Waals surface area contributed by atoms with Crippen molar-refractivity contribution in [3.63, 3.8) is 0 Å². The van der Waals surface area contributed by atoms with Crippen LogP contribution in [0.3, 0.4) is 0 Å². The molecule has 1 aliphatic heterocycles. The van der Waals surface area contributed by atoms with Gasteiger partial charge in [0.15, 0.2) is 0 Å². The van der Waals surface area contributed by atoms with Crippen LogP contribution in [-0.4, -0.2) is 16.4 Å². The van der Waals surface area contributed by atoms with Crippen LogP contribution in [0.4, 0.5) is 0 Å². The lowest BCUT2D eigenvalue weighted by Crippen LogP contribution is -2.52. The molecule has 0 bridgehead atoms. The van der Waals surface area contributed by atoms with Gasteiger partial charge in [-0.3, -0.25) is 0 Å². The van der Waals surface area contributed by atoms with Crippen molar-refractivity contribution in [2.75, 3.05) is 12.3 Å². The van der Waals surface area contributed by atoms with Crippen molar-refractivity contribution in [3.8, 4) is 0 Å². The minimum absolute atomic E-state index is 0.302. The number of quaternary nitrogens is 1. The Labute approximate surface area is 165 Å². The maximum absolute atomic E-state index is 4.11. The highest BCUT2D eigenvalue weighted by Crippen LogP contribution is 2.63. The molecule has 3 atom stereocenters. The molecular weight excluding hydrogens is 354 g/mol. The molecule has 4 rings (SSSR count). The van der Waals surface area contributed by atoms with E-state index in [2.05, 4.69) is 96.0 Å². The summed E-state index contributed by atoms with van der Waals surface area (Å²) < 4.78 is 0.302. The summed E-state index contributed by atoms with van der Waals surface area (Å²) in [6.45, 7) is 1.01. The van der Waals surface area contributed by atoms with Crippen LogP contribution in [0.15, 0.2) is 66.7 Å². The molecule has 1 fully saturated rings. The van der Waals surface area contributed by atoms with E-state index in [9.17, 15) is 0 Å². The van der Waals surface area contributed by atoms with Crippen LogP contribution in [0.2, 0.25) is 0 Å². The smallest absolute Gasteiger partial charge is 0.0832 e. The molecule has 1 nitrogen and oxygen atoms in total. The zero-order valence-corrected chi connectivity index (χ0v) is 16.9. The molecule has 0 amide bonds. The fourth-order valence-electron chi connectivity index (χ4n) is 4.44. The van der Waals surface area contributed by atoms with E-state index in [0.717, 1.165) is 12.3 Å². The Morgan fingerprint density at radius 1 is 1.00 bits per heavy atom. The summed E-state index contributed by atoms with van der Waals surface area (Å²) in [6, 6.07) is 22.1. The van der Waals surface area contributed by atoms with Crippen molar-refractivity contribution in [2.45, 2.75) is 35.7 Å². The lowest BCUT2D eigenvalue weighted by molar-refractivity contribution is -0.360. The Bertz CT molecular complexity index is 743. The van der Waals surface area contributed by atoms with Gasteiger partial charge in [-0.1, -0.05) is 79.6 Å². The molecule has 0 radical (unpaired) electrons. The van der Waals surface area contributed by atoms with Crippen LogP contribution >= 0.6 is 23.5 Å². The topological polar surface area (TPSA) is 27.6 Å². The van der Waals surface area contributed by atoms with E-state index in [1.807, 2.05) is 0 Å². The number of hydrogen-bond acceptors (Lipinski definition) is 2. The lowest BCUT2D eigenvalue weighted by atomic mass is 9.75. The van der Waals surface area contributed by atoms with E-state index in [1.54, 1.807) is 0 Å². The second-order valence-electron chi connectivity index (χ2n) is 7.30. The highest BCUT2D eigenvalue weighted by molar-refractivity contribution is 8.22. The number of thioether (sulfide) groups is 2. The first-order valence-electron chi connectivity index (χ1n) is 9.77. The summed E-state index contributed by atoms with van der Waals surface area (Å²) in [5.74, 6) is 2.39. The average Bonchev–Trinajstić information content (AvgIpc) is 2.72. The van der Waals surface area contributed by atoms with Gasteiger partial charge < -0.3 is 5.73 Å². The maximum atomic E-state index is 4.11. The Morgan fingerprint density at radius 3 is 2.46 bits per heavy atom. The molecule has 0 saturated heterocycles. The maximum Gasteiger partial charge on any atom is 0.0832 e. The van der Waals surface area contributed by atoms with Gasteiger partial charge in [0.25, 0.3) is 0 Å². The SMILES string of the molecule is [NH3+]CCS[C@@]12CCCC[C@H]1[C@@H](c1ccccc1)C=C(c1ccccc1)S2. The lowest BCUT2D eigenvalue weighted by Gasteiger charge is -2.49. The number of benzene rings is 2. The summed E-state index contributed by atoms with van der Waals surface area (Å²) in [5.41, 5.74) is 6.97. The molecule has 3 heteroatoms. The molecule has 1 heterocycles. The zero-order valence-electron chi connectivity index (χ0n) is 15.3. The van der Waals surface area contributed by atoms with Gasteiger partial charge in [-0.25, -0.2) is 0 Å². The van der Waals surface area contributed by atoms with Crippen molar-refractivity contribution in [1.82, 2.24) is 0 Å². The van der Waals surface area contributed by atoms with E-state index in [4.69, 9.17) is 0 Å². The van der Waals surface area contributed by atoms with Crippen molar-refractivity contribution in [1.29, 1.82) is 0 Å². The van der Waals surface area contributed by atoms with Gasteiger partial charge in [0.1, 0.15) is 0 Å². The zero-order chi connectivity index (χ0) is 17.8. The number of rotatable bonds is 5. The fourth-order valence-corrected chi connectivity index (χ4v) is 7.95. The molecule has 2 aromatic rings. The fraction of sp³-hybridized carbons (Fsp3) is 0.391. The standard InChI is InChI=1S/C23H27NS2/c24-15-16-25-23-14-8-7-13-21(23)20(18-9-3-1-4-10-18)17-22(26-23)19-11-5-2-6-12-19/h1-6,9-12,17,20-21H,7-8,13-16,24H2/p+1/t20-,21+,23-/m1/s1. The number of fused-ring (bicyclic) bond motifs is 1. The van der Waals surface area contributed by atoms with E-state index in [1.165, 1.54) is 41.7 Å². The third-order valence-corrected chi connectivity index (χ3v) is 9.17. The normalized spacial score (nSPS) is 28.3. The average molecular weight is 383 g/mol. The van der Waals surface area contributed by atoms with Gasteiger partial charge in [0.05, 0.1) is 10.6 Å². The summed E-state index contributed by atoms with van der Waals surface area (Å²) >= 11 is 4.34. The van der Waals surface area contributed by atoms with Gasteiger partial charge in [-0.05, 0) is 29.9 Å². The van der Waals surface area contributed by atoms with Crippen LogP contribution in [-0.2, 0) is 0 Å². The highest BCUT2D eigenvalue weighted by Gasteiger charge is 2.48. The van der Waals surface area contributed by atoms with E-state index in [0.29, 0.717) is 15.9 Å². The summed E-state index contributed by atoms with van der Waals surface area (Å²) in [5, 5.41) is 0. The van der Waals surface area contributed by atoms with Crippen molar-refractivity contribution < 1.29 is 5.73 Å². The van der Waals surface area contributed by atoms with Gasteiger partial charge in [-0.15, -0.1) is 23.5 Å². The van der Waals surface area contributed by atoms with Crippen molar-refractivity contribution >= 4 is 28.4 Å². The Kier molecular flexibility index (Phi) is 5.78. The first-order valence-corrected chi connectivity index (χ1v) is 11.6. The molecule has 3 N–H and O–H groups in total. The summed E-state index contributed by atoms with van der Waals surface area (Å²) in [6.07, 6.45) is 7.96. The largest absolute Gasteiger partial charge is 0.357 e. The third-order valence-electron chi connectivity index (χ3n) is 5.64. The van der Waals surface area contributed by atoms with E-state index < -0.39 is 0 Å². The van der Waals surface area contributed by atoms with Crippen molar-refractivity contribution in [2.24, 2.45) is 5.92 Å².